The molecule has 3 aliphatic heterocycles. The van der Waals surface area contributed by atoms with E-state index in [0.717, 1.165) is 0 Å². The first kappa shape index (κ1) is 39.7. The predicted molar refractivity (Wildman–Crippen MR) is 193 cm³/mol. The van der Waals surface area contributed by atoms with Gasteiger partial charge in [-0.15, -0.1) is 13.2 Å². The van der Waals surface area contributed by atoms with E-state index in [9.17, 15) is 24.3 Å². The van der Waals surface area contributed by atoms with E-state index >= 15 is 0 Å². The third-order valence-corrected chi connectivity index (χ3v) is 10.8. The number of carbonyl (C=O) groups is 4. The first-order chi connectivity index (χ1) is 23.7. The van der Waals surface area contributed by atoms with Gasteiger partial charge < -0.3 is 34.4 Å². The van der Waals surface area contributed by atoms with Crippen LogP contribution in [0.1, 0.15) is 72.0 Å². The van der Waals surface area contributed by atoms with Gasteiger partial charge in [0.1, 0.15) is 17.7 Å². The van der Waals surface area contributed by atoms with E-state index in [4.69, 9.17) is 14.2 Å². The first-order valence-corrected chi connectivity index (χ1v) is 18.4. The van der Waals surface area contributed by atoms with E-state index in [-0.39, 0.29) is 48.7 Å². The van der Waals surface area contributed by atoms with Gasteiger partial charge in [-0.05, 0) is 51.5 Å². The summed E-state index contributed by atoms with van der Waals surface area (Å²) in [6.45, 7) is 17.2. The molecule has 276 valence electrons. The van der Waals surface area contributed by atoms with Gasteiger partial charge in [0, 0.05) is 30.4 Å². The molecule has 2 bridgehead atoms. The Bertz CT molecular complexity index is 1400. The molecule has 3 fully saturated rings. The molecule has 3 saturated heterocycles. The van der Waals surface area contributed by atoms with Crippen LogP contribution in [0.5, 0.6) is 0 Å². The molecule has 1 unspecified atom stereocenters. The van der Waals surface area contributed by atoms with Crippen LogP contribution in [0.15, 0.2) is 55.6 Å². The molecule has 3 aliphatic rings. The van der Waals surface area contributed by atoms with Crippen molar-refractivity contribution in [2.24, 2.45) is 17.8 Å². The molecule has 0 saturated carbocycles. The molecule has 1 spiro atoms. The molecule has 0 aliphatic carbocycles. The summed E-state index contributed by atoms with van der Waals surface area (Å²) in [5.74, 6) is -3.66. The van der Waals surface area contributed by atoms with E-state index in [2.05, 4.69) is 34.4 Å². The lowest BCUT2D eigenvalue weighted by Crippen LogP contribution is -2.62. The van der Waals surface area contributed by atoms with Gasteiger partial charge in [-0.1, -0.05) is 72.3 Å². The minimum absolute atomic E-state index is 0.0499. The fourth-order valence-corrected chi connectivity index (χ4v) is 8.87. The van der Waals surface area contributed by atoms with Crippen LogP contribution in [0, 0.1) is 17.8 Å². The Balaban J connectivity index is 1.79. The van der Waals surface area contributed by atoms with Crippen LogP contribution in [0.4, 0.5) is 0 Å². The lowest BCUT2D eigenvalue weighted by molar-refractivity contribution is -0.163. The van der Waals surface area contributed by atoms with E-state index in [1.807, 2.05) is 52.8 Å². The highest BCUT2D eigenvalue weighted by atomic mass is 79.9. The van der Waals surface area contributed by atoms with Gasteiger partial charge in [0.25, 0.3) is 0 Å². The normalized spacial score (nSPS) is 27.4. The maximum Gasteiger partial charge on any atom is 0.313 e. The molecule has 12 heteroatoms. The van der Waals surface area contributed by atoms with Gasteiger partial charge in [0.05, 0.1) is 43.2 Å². The molecule has 1 aromatic carbocycles. The topological polar surface area (TPSA) is 135 Å². The molecule has 11 nitrogen and oxygen atoms in total. The molecule has 3 heterocycles. The fraction of sp³-hybridized carbons (Fsp3) is 0.632. The quantitative estimate of drug-likeness (QED) is 0.136. The number of ether oxygens (including phenoxy) is 3. The Morgan fingerprint density at radius 3 is 2.44 bits per heavy atom. The lowest BCUT2D eigenvalue weighted by atomic mass is 9.70. The average molecular weight is 761 g/mol. The number of alkyl halides is 1. The van der Waals surface area contributed by atoms with Crippen molar-refractivity contribution in [2.45, 2.75) is 107 Å². The number of fused-ring (bicyclic) bond motifs is 1. The highest BCUT2D eigenvalue weighted by molar-refractivity contribution is 9.09. The monoisotopic (exact) mass is 759 g/mol. The van der Waals surface area contributed by atoms with Crippen LogP contribution in [0.3, 0.4) is 0 Å². The Labute approximate surface area is 304 Å². The van der Waals surface area contributed by atoms with E-state index in [1.54, 1.807) is 29.2 Å². The molecule has 3 amide bonds. The molecule has 50 heavy (non-hydrogen) atoms. The number of hydrogen-bond acceptors (Lipinski definition) is 8. The number of esters is 1. The number of hydrogen-bond donors (Lipinski definition) is 2. The van der Waals surface area contributed by atoms with Gasteiger partial charge in [0.15, 0.2) is 0 Å². The van der Waals surface area contributed by atoms with Crippen molar-refractivity contribution in [3.63, 3.8) is 0 Å². The maximum absolute atomic E-state index is 14.8. The third kappa shape index (κ3) is 7.88. The van der Waals surface area contributed by atoms with Crippen LogP contribution in [0.2, 0.25) is 0 Å². The van der Waals surface area contributed by atoms with Crippen molar-refractivity contribution in [2.75, 3.05) is 26.9 Å². The van der Waals surface area contributed by atoms with Gasteiger partial charge in [-0.2, -0.15) is 0 Å². The number of halogens is 1. The number of likely N-dealkylation sites (tertiary alicyclic amines) is 1. The first-order valence-electron chi connectivity index (χ1n) is 17.5. The highest BCUT2D eigenvalue weighted by Crippen LogP contribution is 2.61. The summed E-state index contributed by atoms with van der Waals surface area (Å²) >= 11 is 3.74. The number of nitrogens with one attached hydrogen (secondary N) is 1. The van der Waals surface area contributed by atoms with Crippen molar-refractivity contribution in [3.8, 4) is 0 Å². The summed E-state index contributed by atoms with van der Waals surface area (Å²) in [5.41, 5.74) is -1.34. The van der Waals surface area contributed by atoms with Crippen molar-refractivity contribution in [1.29, 1.82) is 0 Å². The number of amides is 3. The Kier molecular flexibility index (Phi) is 13.1. The molecular formula is C38H54BrN3O8. The summed E-state index contributed by atoms with van der Waals surface area (Å²) in [6, 6.07) is 6.56. The minimum Gasteiger partial charge on any atom is -0.455 e. The Morgan fingerprint density at radius 2 is 1.88 bits per heavy atom. The van der Waals surface area contributed by atoms with Crippen LogP contribution >= 0.6 is 15.9 Å². The molecular weight excluding hydrogens is 706 g/mol. The number of carbonyl (C=O) groups excluding carboxylic acids is 4. The van der Waals surface area contributed by atoms with Crippen LogP contribution in [-0.4, -0.2) is 106 Å². The summed E-state index contributed by atoms with van der Waals surface area (Å²) in [6.07, 6.45) is 3.02. The van der Waals surface area contributed by atoms with Crippen molar-refractivity contribution < 1.29 is 38.5 Å². The van der Waals surface area contributed by atoms with E-state index in [0.29, 0.717) is 24.8 Å². The van der Waals surface area contributed by atoms with E-state index < -0.39 is 65.2 Å². The SMILES string of the molecule is C=CCCC(=O)N[C@H](COC)[C@H](OC(=O)[C@@H]1[C@H]2O[C@@]3(CC2Br)[C@H](C(=O)N(CC=C)C(C)(C)C)N([C@@H](CO)CC(C)C)C(=O)[C@@H]13)c1ccccc1. The highest BCUT2D eigenvalue weighted by Gasteiger charge is 2.78. The summed E-state index contributed by atoms with van der Waals surface area (Å²) < 4.78 is 18.5. The number of nitrogens with zero attached hydrogens (tertiary/aromatic N) is 2. The van der Waals surface area contributed by atoms with Crippen molar-refractivity contribution in [3.05, 3.63) is 61.2 Å². The van der Waals surface area contributed by atoms with Crippen molar-refractivity contribution in [1.82, 2.24) is 15.1 Å². The van der Waals surface area contributed by atoms with Crippen LogP contribution in [-0.2, 0) is 33.4 Å². The average Bonchev–Trinajstić information content (AvgIpc) is 3.66. The molecule has 0 aromatic heterocycles. The zero-order valence-electron chi connectivity index (χ0n) is 30.2. The second-order valence-corrected chi connectivity index (χ2v) is 16.2. The number of benzene rings is 1. The second-order valence-electron chi connectivity index (χ2n) is 15.0. The maximum atomic E-state index is 14.8. The Morgan fingerprint density at radius 1 is 1.20 bits per heavy atom. The fourth-order valence-electron chi connectivity index (χ4n) is 7.93. The van der Waals surface area contributed by atoms with Crippen molar-refractivity contribution >= 4 is 39.6 Å². The van der Waals surface area contributed by atoms with Gasteiger partial charge in [-0.3, -0.25) is 19.2 Å². The van der Waals surface area contributed by atoms with Gasteiger partial charge >= 0.3 is 5.97 Å². The smallest absolute Gasteiger partial charge is 0.313 e. The number of rotatable bonds is 17. The molecule has 0 radical (unpaired) electrons. The molecule has 1 aromatic rings. The number of allylic oxidation sites excluding steroid dienone is 1. The van der Waals surface area contributed by atoms with Crippen LogP contribution < -0.4 is 5.32 Å². The predicted octanol–water partition coefficient (Wildman–Crippen LogP) is 4.34. The number of aliphatic hydroxyl groups excluding tert-OH is 1. The summed E-state index contributed by atoms with van der Waals surface area (Å²) in [4.78, 5) is 59.9. The Hall–Kier alpha value is -3.06. The number of methoxy groups -OCH3 is 1. The zero-order chi connectivity index (χ0) is 37.0. The summed E-state index contributed by atoms with van der Waals surface area (Å²) in [5, 5.41) is 13.6. The molecule has 9 atom stereocenters. The standard InChI is InChI=1S/C38H54BrN3O8/c1-9-11-17-28(44)40-27(22-48-8)31(24-15-13-12-14-16-24)49-36(47)29-30-34(45)42(25(21-43)19-23(3)4)33(38(30)20-26(39)32(29)50-38)35(46)41(18-10-2)37(5,6)7/h9-10,12-16,23,25-27,29-33,43H,1-2,11,17-22H2,3-8H3,(H,40,44)/t25-,26?,27-,29+,30-,31-,32+,33+,38-/m1/s1. The summed E-state index contributed by atoms with van der Waals surface area (Å²) in [7, 11) is 1.50. The molecule has 4 rings (SSSR count). The van der Waals surface area contributed by atoms with Gasteiger partial charge in [-0.25, -0.2) is 0 Å². The second kappa shape index (κ2) is 16.5. The lowest BCUT2D eigenvalue weighted by Gasteiger charge is -2.43. The minimum atomic E-state index is -1.35. The zero-order valence-corrected chi connectivity index (χ0v) is 31.8. The largest absolute Gasteiger partial charge is 0.455 e. The third-order valence-electron chi connectivity index (χ3n) is 9.97. The van der Waals surface area contributed by atoms with Gasteiger partial charge in [0.2, 0.25) is 17.7 Å². The van der Waals surface area contributed by atoms with Crippen LogP contribution in [0.25, 0.3) is 0 Å². The number of aliphatic hydroxyl groups is 1. The molecule has 2 N–H and O–H groups in total. The van der Waals surface area contributed by atoms with E-state index in [1.165, 1.54) is 12.0 Å².